The van der Waals surface area contributed by atoms with Crippen molar-refractivity contribution >= 4 is 28.0 Å². The lowest BCUT2D eigenvalue weighted by atomic mass is 9.78. The van der Waals surface area contributed by atoms with E-state index in [1.54, 1.807) is 36.4 Å². The molecule has 41 heavy (non-hydrogen) atoms. The highest BCUT2D eigenvalue weighted by Gasteiger charge is 2.72. The standard InChI is InChI=1S/C26H19F5O9S/c27-25(28,29)24(26(30,31)41(35,36)37)40-23(34)18-15-9-14-17(18)22(33)39-20(14)19(15)38-21(32)16-12-7-3-1-5-10(12)11-6-2-4-8-13(11)16/h1-8,14-20,24H,9H2,(H,35,36,37). The molecule has 7 unspecified atom stereocenters. The molecule has 7 atom stereocenters. The monoisotopic (exact) mass is 602 g/mol. The molecule has 4 aliphatic rings. The van der Waals surface area contributed by atoms with Crippen LogP contribution in [0.1, 0.15) is 23.5 Å². The molecule has 1 N–H and O–H groups in total. The van der Waals surface area contributed by atoms with E-state index in [-0.39, 0.29) is 6.42 Å². The maximum Gasteiger partial charge on any atom is 0.432 e. The van der Waals surface area contributed by atoms with Gasteiger partial charge in [0, 0.05) is 11.8 Å². The maximum absolute atomic E-state index is 14.1. The van der Waals surface area contributed by atoms with Crippen molar-refractivity contribution in [3.63, 3.8) is 0 Å². The van der Waals surface area contributed by atoms with Crippen molar-refractivity contribution in [2.45, 2.75) is 42.1 Å². The highest BCUT2D eigenvalue weighted by molar-refractivity contribution is 7.86. The van der Waals surface area contributed by atoms with E-state index < -0.39 is 87.4 Å². The van der Waals surface area contributed by atoms with Gasteiger partial charge in [-0.05, 0) is 28.7 Å². The first-order valence-electron chi connectivity index (χ1n) is 12.3. The minimum atomic E-state index is -6.66. The second-order valence-electron chi connectivity index (χ2n) is 10.4. The van der Waals surface area contributed by atoms with Crippen LogP contribution >= 0.6 is 0 Å². The summed E-state index contributed by atoms with van der Waals surface area (Å²) in [5.74, 6) is -9.73. The largest absolute Gasteiger partial charge is 0.458 e. The number of fused-ring (bicyclic) bond motifs is 4. The minimum absolute atomic E-state index is 0.0258. The summed E-state index contributed by atoms with van der Waals surface area (Å²) in [4.78, 5) is 39.1. The summed E-state index contributed by atoms with van der Waals surface area (Å²) in [6.07, 6.45) is -13.0. The number of hydrogen-bond acceptors (Lipinski definition) is 8. The average molecular weight is 602 g/mol. The molecule has 6 rings (SSSR count). The fraction of sp³-hybridized carbons (Fsp3) is 0.423. The zero-order valence-corrected chi connectivity index (χ0v) is 21.3. The lowest BCUT2D eigenvalue weighted by Gasteiger charge is -2.33. The van der Waals surface area contributed by atoms with Crippen LogP contribution in [-0.4, -0.2) is 60.6 Å². The van der Waals surface area contributed by atoms with Gasteiger partial charge < -0.3 is 14.2 Å². The van der Waals surface area contributed by atoms with Crippen molar-refractivity contribution in [2.24, 2.45) is 23.7 Å². The van der Waals surface area contributed by atoms with Gasteiger partial charge in [0.1, 0.15) is 18.1 Å². The third-order valence-corrected chi connectivity index (χ3v) is 9.22. The molecule has 0 aromatic heterocycles. The first kappa shape index (κ1) is 27.6. The SMILES string of the molecule is O=C(OC1C2CC3C1OC(=O)C3C2C(=O)OC(C(F)(F)F)C(F)(F)S(=O)(=O)O)C1c2ccccc2-c2ccccc21. The van der Waals surface area contributed by atoms with E-state index in [0.29, 0.717) is 11.1 Å². The maximum atomic E-state index is 14.1. The number of ether oxygens (including phenoxy) is 3. The molecule has 0 amide bonds. The first-order valence-corrected chi connectivity index (χ1v) is 13.8. The van der Waals surface area contributed by atoms with Gasteiger partial charge >= 0.3 is 39.5 Å². The van der Waals surface area contributed by atoms with Crippen LogP contribution in [-0.2, 0) is 38.7 Å². The van der Waals surface area contributed by atoms with Crippen molar-refractivity contribution in [2.75, 3.05) is 0 Å². The number of carbonyl (C=O) groups is 3. The molecule has 1 aliphatic heterocycles. The van der Waals surface area contributed by atoms with E-state index in [1.165, 1.54) is 0 Å². The van der Waals surface area contributed by atoms with Crippen LogP contribution < -0.4 is 0 Å². The van der Waals surface area contributed by atoms with Crippen molar-refractivity contribution in [3.05, 3.63) is 59.7 Å². The van der Waals surface area contributed by atoms with Gasteiger partial charge in [0.15, 0.2) is 0 Å². The number of alkyl halides is 5. The Kier molecular flexibility index (Phi) is 6.02. The van der Waals surface area contributed by atoms with Gasteiger partial charge in [-0.15, -0.1) is 0 Å². The number of rotatable bonds is 6. The molecule has 15 heteroatoms. The molecule has 3 fully saturated rings. The topological polar surface area (TPSA) is 133 Å². The Bertz CT molecular complexity index is 1530. The molecule has 2 saturated carbocycles. The van der Waals surface area contributed by atoms with Gasteiger partial charge in [0.25, 0.3) is 6.10 Å². The van der Waals surface area contributed by atoms with Crippen LogP contribution in [0.25, 0.3) is 11.1 Å². The third kappa shape index (κ3) is 4.03. The average Bonchev–Trinajstić information content (AvgIpc) is 3.59. The zero-order chi connectivity index (χ0) is 29.6. The van der Waals surface area contributed by atoms with Gasteiger partial charge in [-0.3, -0.25) is 18.9 Å². The fourth-order valence-corrected chi connectivity index (χ4v) is 7.19. The van der Waals surface area contributed by atoms with Gasteiger partial charge in [-0.25, -0.2) is 0 Å². The van der Waals surface area contributed by atoms with Crippen molar-refractivity contribution in [1.82, 2.24) is 0 Å². The lowest BCUT2D eigenvalue weighted by molar-refractivity contribution is -0.262. The second-order valence-corrected chi connectivity index (χ2v) is 11.9. The summed E-state index contributed by atoms with van der Waals surface area (Å²) in [6, 6.07) is 14.1. The third-order valence-electron chi connectivity index (χ3n) is 8.32. The summed E-state index contributed by atoms with van der Waals surface area (Å²) in [6.45, 7) is 0. The second kappa shape index (κ2) is 8.95. The summed E-state index contributed by atoms with van der Waals surface area (Å²) in [5.41, 5.74) is 2.81. The molecule has 218 valence electrons. The van der Waals surface area contributed by atoms with Gasteiger partial charge in [0.2, 0.25) is 0 Å². The summed E-state index contributed by atoms with van der Waals surface area (Å²) < 4.78 is 114. The Hall–Kier alpha value is -3.59. The lowest BCUT2D eigenvalue weighted by Crippen LogP contribution is -2.54. The Morgan fingerprint density at radius 3 is 2.02 bits per heavy atom. The minimum Gasteiger partial charge on any atom is -0.458 e. The predicted octanol–water partition coefficient (Wildman–Crippen LogP) is 3.47. The van der Waals surface area contributed by atoms with Crippen molar-refractivity contribution in [3.8, 4) is 11.1 Å². The number of hydrogen-bond donors (Lipinski definition) is 1. The highest BCUT2D eigenvalue weighted by Crippen LogP contribution is 2.60. The molecular weight excluding hydrogens is 583 g/mol. The van der Waals surface area contributed by atoms with Crippen molar-refractivity contribution in [1.29, 1.82) is 0 Å². The van der Waals surface area contributed by atoms with Crippen LogP contribution in [0.3, 0.4) is 0 Å². The van der Waals surface area contributed by atoms with Gasteiger partial charge in [0.05, 0.1) is 11.8 Å². The number of benzene rings is 2. The van der Waals surface area contributed by atoms with Crippen LogP contribution in [0.5, 0.6) is 0 Å². The Labute approximate surface area is 228 Å². The van der Waals surface area contributed by atoms with E-state index >= 15 is 0 Å². The quantitative estimate of drug-likeness (QED) is 0.228. The molecule has 0 radical (unpaired) electrons. The molecule has 2 aromatic rings. The van der Waals surface area contributed by atoms with E-state index in [9.17, 15) is 44.8 Å². The van der Waals surface area contributed by atoms with E-state index in [1.807, 2.05) is 12.1 Å². The summed E-state index contributed by atoms with van der Waals surface area (Å²) in [5, 5.41) is -5.94. The van der Waals surface area contributed by atoms with E-state index in [2.05, 4.69) is 4.74 Å². The molecule has 2 aromatic carbocycles. The molecule has 0 spiro atoms. The van der Waals surface area contributed by atoms with Crippen LogP contribution in [0, 0.1) is 23.7 Å². The smallest absolute Gasteiger partial charge is 0.432 e. The van der Waals surface area contributed by atoms with Crippen LogP contribution in [0.2, 0.25) is 0 Å². The first-order chi connectivity index (χ1) is 19.1. The number of halogens is 5. The zero-order valence-electron chi connectivity index (χ0n) is 20.5. The van der Waals surface area contributed by atoms with Crippen LogP contribution in [0.4, 0.5) is 22.0 Å². The molecule has 3 aliphatic carbocycles. The number of carbonyl (C=O) groups excluding carboxylic acids is 3. The van der Waals surface area contributed by atoms with Crippen molar-refractivity contribution < 1.29 is 63.5 Å². The Morgan fingerprint density at radius 1 is 0.927 bits per heavy atom. The normalized spacial score (nSPS) is 29.1. The summed E-state index contributed by atoms with van der Waals surface area (Å²) in [7, 11) is -6.66. The highest BCUT2D eigenvalue weighted by atomic mass is 32.2. The van der Waals surface area contributed by atoms with E-state index in [4.69, 9.17) is 14.0 Å². The van der Waals surface area contributed by atoms with Gasteiger partial charge in [-0.1, -0.05) is 48.5 Å². The molecule has 1 heterocycles. The number of esters is 3. The van der Waals surface area contributed by atoms with Crippen LogP contribution in [0.15, 0.2) is 48.5 Å². The van der Waals surface area contributed by atoms with E-state index in [0.717, 1.165) is 11.1 Å². The molecule has 2 bridgehead atoms. The van der Waals surface area contributed by atoms with Gasteiger partial charge in [-0.2, -0.15) is 30.4 Å². The predicted molar refractivity (Wildman–Crippen MR) is 124 cm³/mol. The molecule has 9 nitrogen and oxygen atoms in total. The molecule has 1 saturated heterocycles. The Balaban J connectivity index is 1.29. The molecular formula is C26H19F5O9S. The Morgan fingerprint density at radius 2 is 1.49 bits per heavy atom. The fourth-order valence-electron chi connectivity index (χ4n) is 6.74. The summed E-state index contributed by atoms with van der Waals surface area (Å²) >= 11 is 0.